The van der Waals surface area contributed by atoms with E-state index < -0.39 is 23.1 Å². The van der Waals surface area contributed by atoms with Gasteiger partial charge in [0.15, 0.2) is 11.5 Å². The molecule has 5 heteroatoms. The number of carbonyl (C=O) groups is 1. The van der Waals surface area contributed by atoms with Gasteiger partial charge < -0.3 is 19.3 Å². The minimum absolute atomic E-state index is 0.0743. The second-order valence-corrected chi connectivity index (χ2v) is 6.70. The zero-order chi connectivity index (χ0) is 16.9. The number of hydrogen-bond acceptors (Lipinski definition) is 5. The summed E-state index contributed by atoms with van der Waals surface area (Å²) in [5.41, 5.74) is 0.160. The molecule has 0 amide bonds. The Balaban J connectivity index is 1.77. The molecule has 0 radical (unpaired) electrons. The van der Waals surface area contributed by atoms with Crippen molar-refractivity contribution >= 4 is 5.78 Å². The second kappa shape index (κ2) is 5.19. The third kappa shape index (κ3) is 1.85. The summed E-state index contributed by atoms with van der Waals surface area (Å²) in [7, 11) is 0. The molecule has 1 aromatic carbocycles. The number of allylic oxidation sites excluding steroid dienone is 2. The highest BCUT2D eigenvalue weighted by Crippen LogP contribution is 2.61. The molecular formula is C19H20O5. The molecule has 0 aromatic heterocycles. The van der Waals surface area contributed by atoms with Gasteiger partial charge in [-0.25, -0.2) is 0 Å². The van der Waals surface area contributed by atoms with Crippen molar-refractivity contribution in [3.8, 4) is 11.5 Å². The van der Waals surface area contributed by atoms with Crippen LogP contribution < -0.4 is 9.47 Å². The summed E-state index contributed by atoms with van der Waals surface area (Å²) in [6.07, 6.45) is 5.65. The normalized spacial score (nSPS) is 36.7. The number of ketones is 1. The molecule has 2 heterocycles. The quantitative estimate of drug-likeness (QED) is 0.864. The minimum atomic E-state index is -1.82. The maximum atomic E-state index is 12.4. The molecule has 0 spiro atoms. The molecule has 2 aliphatic heterocycles. The van der Waals surface area contributed by atoms with Crippen LogP contribution in [0.15, 0.2) is 43.0 Å². The molecule has 1 saturated heterocycles. The highest BCUT2D eigenvalue weighted by Gasteiger charge is 2.66. The summed E-state index contributed by atoms with van der Waals surface area (Å²) < 4.78 is 16.8. The van der Waals surface area contributed by atoms with Gasteiger partial charge in [0.2, 0.25) is 18.4 Å². The fourth-order valence-electron chi connectivity index (χ4n) is 4.23. The van der Waals surface area contributed by atoms with Crippen molar-refractivity contribution < 1.29 is 24.1 Å². The van der Waals surface area contributed by atoms with Gasteiger partial charge in [0.1, 0.15) is 0 Å². The lowest BCUT2D eigenvalue weighted by Gasteiger charge is -2.42. The lowest BCUT2D eigenvalue weighted by molar-refractivity contribution is -0.229. The average molecular weight is 328 g/mol. The van der Waals surface area contributed by atoms with Crippen LogP contribution in [0.2, 0.25) is 0 Å². The molecule has 1 fully saturated rings. The summed E-state index contributed by atoms with van der Waals surface area (Å²) in [4.78, 5) is 12.4. The first-order valence-corrected chi connectivity index (χ1v) is 8.13. The maximum Gasteiger partial charge on any atom is 0.237 e. The van der Waals surface area contributed by atoms with Crippen molar-refractivity contribution in [2.75, 3.05) is 6.79 Å². The first-order chi connectivity index (χ1) is 11.5. The number of hydrogen-bond donors (Lipinski definition) is 1. The van der Waals surface area contributed by atoms with E-state index in [0.717, 1.165) is 5.56 Å². The number of benzene rings is 1. The molecule has 24 heavy (non-hydrogen) atoms. The van der Waals surface area contributed by atoms with Crippen LogP contribution in [0.4, 0.5) is 0 Å². The summed E-state index contributed by atoms with van der Waals surface area (Å²) in [6.45, 7) is 6.03. The highest BCUT2D eigenvalue weighted by molar-refractivity contribution is 5.97. The molecule has 0 bridgehead atoms. The number of aliphatic hydroxyl groups is 1. The second-order valence-electron chi connectivity index (χ2n) is 6.70. The van der Waals surface area contributed by atoms with Gasteiger partial charge in [0, 0.05) is 5.41 Å². The molecule has 126 valence electrons. The number of rotatable bonds is 3. The fourth-order valence-corrected chi connectivity index (χ4v) is 4.23. The zero-order valence-electron chi connectivity index (χ0n) is 13.5. The fraction of sp³-hybridized carbons (Fsp3) is 0.421. The number of carbonyl (C=O) groups excluding carboxylic acids is 1. The summed E-state index contributed by atoms with van der Waals surface area (Å²) in [6, 6.07) is 5.60. The van der Waals surface area contributed by atoms with E-state index in [1.54, 1.807) is 6.08 Å². The summed E-state index contributed by atoms with van der Waals surface area (Å²) in [5, 5.41) is 11.1. The van der Waals surface area contributed by atoms with Crippen molar-refractivity contribution in [2.45, 2.75) is 31.7 Å². The van der Waals surface area contributed by atoms with Crippen molar-refractivity contribution in [3.63, 3.8) is 0 Å². The number of ether oxygens (including phenoxy) is 3. The predicted molar refractivity (Wildman–Crippen MR) is 86.5 cm³/mol. The predicted octanol–water partition coefficient (Wildman–Crippen LogP) is 2.90. The Morgan fingerprint density at radius 3 is 2.96 bits per heavy atom. The van der Waals surface area contributed by atoms with E-state index in [1.165, 1.54) is 6.08 Å². The van der Waals surface area contributed by atoms with Crippen LogP contribution in [0.3, 0.4) is 0 Å². The molecule has 1 N–H and O–H groups in total. The van der Waals surface area contributed by atoms with E-state index >= 15 is 0 Å². The average Bonchev–Trinajstić information content (AvgIpc) is 3.12. The molecule has 4 atom stereocenters. The van der Waals surface area contributed by atoms with Crippen LogP contribution in [0.1, 0.15) is 31.4 Å². The van der Waals surface area contributed by atoms with E-state index in [2.05, 4.69) is 6.58 Å². The molecule has 0 saturated carbocycles. The molecule has 3 aliphatic rings. The molecule has 1 aromatic rings. The van der Waals surface area contributed by atoms with Crippen LogP contribution >= 0.6 is 0 Å². The van der Waals surface area contributed by atoms with Crippen molar-refractivity contribution in [3.05, 3.63) is 48.6 Å². The van der Waals surface area contributed by atoms with Crippen LogP contribution in [0.5, 0.6) is 11.5 Å². The SMILES string of the molecule is C=CC[C@]12CC=CC(=O)[C@]1(O)O[C@@H](c1ccc3c(c1)OCO3)[C@@H]2C. The number of fused-ring (bicyclic) bond motifs is 2. The first kappa shape index (κ1) is 15.4. The Kier molecular flexibility index (Phi) is 3.34. The molecule has 1 aliphatic carbocycles. The molecular weight excluding hydrogens is 308 g/mol. The Bertz CT molecular complexity index is 739. The standard InChI is InChI=1S/C19H20O5/c1-3-8-18-9-4-5-16(20)19(18,21)24-17(12(18)2)13-6-7-14-15(10-13)23-11-22-14/h3-7,10,12,17,21H,1,8-9,11H2,2H3/t12-,17+,18+,19-/m0/s1. The van der Waals surface area contributed by atoms with Crippen LogP contribution in [0, 0.1) is 11.3 Å². The lowest BCUT2D eigenvalue weighted by atomic mass is 9.62. The molecule has 0 unspecified atom stereocenters. The molecule has 5 nitrogen and oxygen atoms in total. The third-order valence-corrected chi connectivity index (χ3v) is 5.62. The van der Waals surface area contributed by atoms with Crippen LogP contribution in [0.25, 0.3) is 0 Å². The van der Waals surface area contributed by atoms with Crippen LogP contribution in [-0.4, -0.2) is 23.5 Å². The van der Waals surface area contributed by atoms with Gasteiger partial charge in [-0.15, -0.1) is 6.58 Å². The summed E-state index contributed by atoms with van der Waals surface area (Å²) in [5.74, 6) is -0.942. The lowest BCUT2D eigenvalue weighted by Crippen LogP contribution is -2.54. The van der Waals surface area contributed by atoms with E-state index in [9.17, 15) is 9.90 Å². The minimum Gasteiger partial charge on any atom is -0.454 e. The van der Waals surface area contributed by atoms with Gasteiger partial charge in [0.05, 0.1) is 6.10 Å². The Hall–Kier alpha value is -2.11. The van der Waals surface area contributed by atoms with Gasteiger partial charge >= 0.3 is 0 Å². The topological polar surface area (TPSA) is 65.0 Å². The van der Waals surface area contributed by atoms with Crippen molar-refractivity contribution in [2.24, 2.45) is 11.3 Å². The zero-order valence-corrected chi connectivity index (χ0v) is 13.5. The Labute approximate surface area is 140 Å². The summed E-state index contributed by atoms with van der Waals surface area (Å²) >= 11 is 0. The maximum absolute atomic E-state index is 12.4. The molecule has 4 rings (SSSR count). The van der Waals surface area contributed by atoms with E-state index in [1.807, 2.05) is 31.2 Å². The van der Waals surface area contributed by atoms with Gasteiger partial charge in [-0.3, -0.25) is 4.79 Å². The van der Waals surface area contributed by atoms with Crippen molar-refractivity contribution in [1.82, 2.24) is 0 Å². The third-order valence-electron chi connectivity index (χ3n) is 5.62. The van der Waals surface area contributed by atoms with Gasteiger partial charge in [-0.2, -0.15) is 0 Å². The van der Waals surface area contributed by atoms with Crippen molar-refractivity contribution in [1.29, 1.82) is 0 Å². The van der Waals surface area contributed by atoms with E-state index in [4.69, 9.17) is 14.2 Å². The Morgan fingerprint density at radius 2 is 2.17 bits per heavy atom. The van der Waals surface area contributed by atoms with Gasteiger partial charge in [-0.1, -0.05) is 25.1 Å². The van der Waals surface area contributed by atoms with Crippen LogP contribution in [-0.2, 0) is 9.53 Å². The van der Waals surface area contributed by atoms with E-state index in [-0.39, 0.29) is 12.7 Å². The Morgan fingerprint density at radius 1 is 1.38 bits per heavy atom. The van der Waals surface area contributed by atoms with E-state index in [0.29, 0.717) is 24.3 Å². The monoisotopic (exact) mass is 328 g/mol. The van der Waals surface area contributed by atoms with Gasteiger partial charge in [-0.05, 0) is 42.5 Å². The smallest absolute Gasteiger partial charge is 0.237 e. The first-order valence-electron chi connectivity index (χ1n) is 8.13. The largest absolute Gasteiger partial charge is 0.454 e. The highest BCUT2D eigenvalue weighted by atomic mass is 16.7. The van der Waals surface area contributed by atoms with Gasteiger partial charge in [0.25, 0.3) is 0 Å².